The van der Waals surface area contributed by atoms with Gasteiger partial charge in [0.25, 0.3) is 0 Å². The lowest BCUT2D eigenvalue weighted by Crippen LogP contribution is -2.30. The van der Waals surface area contributed by atoms with Gasteiger partial charge in [-0.3, -0.25) is 4.39 Å². The second-order valence-electron chi connectivity index (χ2n) is 6.75. The normalized spacial score (nSPS) is 14.4. The smallest absolute Gasteiger partial charge is 0.336 e. The summed E-state index contributed by atoms with van der Waals surface area (Å²) in [7, 11) is 4.05. The number of benzene rings is 1. The summed E-state index contributed by atoms with van der Waals surface area (Å²) in [5, 5.41) is 1.03. The third-order valence-corrected chi connectivity index (χ3v) is 4.63. The van der Waals surface area contributed by atoms with Gasteiger partial charge in [0.05, 0.1) is 6.67 Å². The van der Waals surface area contributed by atoms with Gasteiger partial charge in [-0.05, 0) is 57.0 Å². The quantitative estimate of drug-likeness (QED) is 0.762. The molecule has 130 valence electrons. The first-order chi connectivity index (χ1) is 11.6. The van der Waals surface area contributed by atoms with E-state index in [0.29, 0.717) is 18.5 Å². The molecule has 1 aliphatic heterocycles. The summed E-state index contributed by atoms with van der Waals surface area (Å²) in [6.07, 6.45) is 3.45. The first kappa shape index (κ1) is 17.0. The molecule has 0 atom stereocenters. The molecule has 3 rings (SSSR count). The van der Waals surface area contributed by atoms with Gasteiger partial charge in [0.2, 0.25) is 0 Å². The molecule has 0 saturated heterocycles. The van der Waals surface area contributed by atoms with Crippen molar-refractivity contribution in [2.45, 2.75) is 25.7 Å². The number of hydrogen-bond acceptors (Lipinski definition) is 4. The lowest BCUT2D eigenvalue weighted by molar-refractivity contribution is 0.413. The zero-order valence-electron chi connectivity index (χ0n) is 14.5. The molecule has 4 nitrogen and oxygen atoms in total. The average molecular weight is 332 g/mol. The largest absolute Gasteiger partial charge is 0.423 e. The van der Waals surface area contributed by atoms with Crippen molar-refractivity contribution in [3.05, 3.63) is 39.7 Å². The molecule has 0 spiro atoms. The number of likely N-dealkylation sites (N-methyl/N-ethyl adjacent to an activating group) is 1. The molecule has 0 N–H and O–H groups in total. The zero-order valence-corrected chi connectivity index (χ0v) is 14.5. The minimum absolute atomic E-state index is 0.302. The highest BCUT2D eigenvalue weighted by atomic mass is 19.1. The van der Waals surface area contributed by atoms with Gasteiger partial charge in [0, 0.05) is 42.8 Å². The monoisotopic (exact) mass is 332 g/mol. The Morgan fingerprint density at radius 1 is 1.29 bits per heavy atom. The highest BCUT2D eigenvalue weighted by Gasteiger charge is 2.19. The Morgan fingerprint density at radius 2 is 2.12 bits per heavy atom. The van der Waals surface area contributed by atoms with E-state index < -0.39 is 0 Å². The van der Waals surface area contributed by atoms with E-state index in [1.165, 1.54) is 5.56 Å². The van der Waals surface area contributed by atoms with E-state index in [4.69, 9.17) is 4.42 Å². The van der Waals surface area contributed by atoms with Crippen LogP contribution in [0.5, 0.6) is 0 Å². The summed E-state index contributed by atoms with van der Waals surface area (Å²) in [5.74, 6) is 0. The maximum absolute atomic E-state index is 12.5. The van der Waals surface area contributed by atoms with Crippen molar-refractivity contribution in [2.75, 3.05) is 45.3 Å². The Bertz CT molecular complexity index is 770. The van der Waals surface area contributed by atoms with E-state index in [1.54, 1.807) is 6.07 Å². The van der Waals surface area contributed by atoms with Crippen molar-refractivity contribution in [2.24, 2.45) is 0 Å². The van der Waals surface area contributed by atoms with E-state index in [9.17, 15) is 9.18 Å². The third-order valence-electron chi connectivity index (χ3n) is 4.63. The first-order valence-corrected chi connectivity index (χ1v) is 8.64. The van der Waals surface area contributed by atoms with Gasteiger partial charge in [0.15, 0.2) is 0 Å². The van der Waals surface area contributed by atoms with Gasteiger partial charge < -0.3 is 14.2 Å². The Morgan fingerprint density at radius 3 is 2.88 bits per heavy atom. The van der Waals surface area contributed by atoms with Crippen molar-refractivity contribution >= 4 is 16.7 Å². The van der Waals surface area contributed by atoms with Crippen LogP contribution in [0.2, 0.25) is 0 Å². The molecule has 0 amide bonds. The number of aryl methyl sites for hydroxylation is 1. The molecule has 5 heteroatoms. The predicted octanol–water partition coefficient (Wildman–Crippen LogP) is 3.01. The topological polar surface area (TPSA) is 36.7 Å². The molecule has 1 aromatic heterocycles. The molecule has 1 aliphatic rings. The highest BCUT2D eigenvalue weighted by molar-refractivity contribution is 5.86. The Kier molecular flexibility index (Phi) is 5.19. The molecular formula is C19H25FN2O2. The van der Waals surface area contributed by atoms with Crippen molar-refractivity contribution in [3.63, 3.8) is 0 Å². The molecule has 0 saturated carbocycles. The van der Waals surface area contributed by atoms with Crippen molar-refractivity contribution in [3.8, 4) is 0 Å². The van der Waals surface area contributed by atoms with Crippen LogP contribution in [-0.4, -0.2) is 45.3 Å². The maximum atomic E-state index is 12.5. The van der Waals surface area contributed by atoms with Crippen molar-refractivity contribution in [1.82, 2.24) is 4.90 Å². The molecule has 24 heavy (non-hydrogen) atoms. The molecule has 2 aromatic rings. The van der Waals surface area contributed by atoms with E-state index in [-0.39, 0.29) is 12.3 Å². The third kappa shape index (κ3) is 3.61. The SMILES string of the molecule is CN(C)CCc1cc(=O)oc2cc3c(cc12)CCCN3CCCF. The summed E-state index contributed by atoms with van der Waals surface area (Å²) in [6.45, 7) is 2.23. The molecule has 0 aliphatic carbocycles. The molecule has 0 unspecified atom stereocenters. The minimum atomic E-state index is -0.303. The second kappa shape index (κ2) is 7.34. The maximum Gasteiger partial charge on any atom is 0.336 e. The number of halogens is 1. The Hall–Kier alpha value is -1.88. The predicted molar refractivity (Wildman–Crippen MR) is 95.9 cm³/mol. The number of alkyl halides is 1. The average Bonchev–Trinajstić information content (AvgIpc) is 2.56. The van der Waals surface area contributed by atoms with Crippen LogP contribution in [0.3, 0.4) is 0 Å². The molecule has 0 fully saturated rings. The summed E-state index contributed by atoms with van der Waals surface area (Å²) in [4.78, 5) is 16.2. The zero-order chi connectivity index (χ0) is 17.1. The molecule has 0 bridgehead atoms. The number of anilines is 1. The minimum Gasteiger partial charge on any atom is -0.423 e. The van der Waals surface area contributed by atoms with Crippen LogP contribution >= 0.6 is 0 Å². The molecule has 2 heterocycles. The first-order valence-electron chi connectivity index (χ1n) is 8.64. The fourth-order valence-corrected chi connectivity index (χ4v) is 3.42. The van der Waals surface area contributed by atoms with Crippen LogP contribution in [-0.2, 0) is 12.8 Å². The van der Waals surface area contributed by atoms with Crippen LogP contribution in [0, 0.1) is 0 Å². The van der Waals surface area contributed by atoms with E-state index >= 15 is 0 Å². The van der Waals surface area contributed by atoms with Gasteiger partial charge >= 0.3 is 5.63 Å². The lowest BCUT2D eigenvalue weighted by Gasteiger charge is -2.31. The molecule has 0 radical (unpaired) electrons. The van der Waals surface area contributed by atoms with E-state index in [1.807, 2.05) is 20.2 Å². The molecular weight excluding hydrogens is 307 g/mol. The van der Waals surface area contributed by atoms with Gasteiger partial charge in [-0.15, -0.1) is 0 Å². The van der Waals surface area contributed by atoms with Gasteiger partial charge in [0.1, 0.15) is 5.58 Å². The summed E-state index contributed by atoms with van der Waals surface area (Å²) in [5.41, 5.74) is 3.74. The van der Waals surface area contributed by atoms with Crippen LogP contribution in [0.1, 0.15) is 24.0 Å². The molecule has 1 aromatic carbocycles. The second-order valence-corrected chi connectivity index (χ2v) is 6.75. The fourth-order valence-electron chi connectivity index (χ4n) is 3.42. The Balaban J connectivity index is 2.03. The van der Waals surface area contributed by atoms with E-state index in [0.717, 1.165) is 49.0 Å². The summed E-state index contributed by atoms with van der Waals surface area (Å²) < 4.78 is 18.0. The van der Waals surface area contributed by atoms with Crippen LogP contribution in [0.15, 0.2) is 27.4 Å². The van der Waals surface area contributed by atoms with Crippen LogP contribution < -0.4 is 10.5 Å². The van der Waals surface area contributed by atoms with Gasteiger partial charge in [-0.2, -0.15) is 0 Å². The fraction of sp³-hybridized carbons (Fsp3) is 0.526. The number of nitrogens with zero attached hydrogens (tertiary/aromatic N) is 2. The van der Waals surface area contributed by atoms with Crippen molar-refractivity contribution in [1.29, 1.82) is 0 Å². The van der Waals surface area contributed by atoms with Gasteiger partial charge in [-0.25, -0.2) is 4.79 Å². The highest BCUT2D eigenvalue weighted by Crippen LogP contribution is 2.32. The van der Waals surface area contributed by atoms with E-state index in [2.05, 4.69) is 15.9 Å². The number of fused-ring (bicyclic) bond motifs is 2. The number of hydrogen-bond donors (Lipinski definition) is 0. The van der Waals surface area contributed by atoms with Crippen molar-refractivity contribution < 1.29 is 8.81 Å². The summed E-state index contributed by atoms with van der Waals surface area (Å²) in [6, 6.07) is 5.75. The number of rotatable bonds is 6. The van der Waals surface area contributed by atoms with Gasteiger partial charge in [-0.1, -0.05) is 0 Å². The standard InChI is InChI=1S/C19H25FN2O2/c1-21(2)10-6-14-12-19(23)24-18-13-17-15(11-16(14)18)5-3-8-22(17)9-4-7-20/h11-13H,3-10H2,1-2H3. The summed E-state index contributed by atoms with van der Waals surface area (Å²) >= 11 is 0. The van der Waals surface area contributed by atoms with Crippen LogP contribution in [0.25, 0.3) is 11.0 Å². The van der Waals surface area contributed by atoms with Crippen LogP contribution in [0.4, 0.5) is 10.1 Å². The lowest BCUT2D eigenvalue weighted by atomic mass is 9.97. The Labute approximate surface area is 141 Å².